The first-order chi connectivity index (χ1) is 10.0. The van der Waals surface area contributed by atoms with Crippen LogP contribution in [0.2, 0.25) is 0 Å². The molecule has 0 heterocycles. The Bertz CT molecular complexity index is 463. The Kier molecular flexibility index (Phi) is 5.37. The van der Waals surface area contributed by atoms with E-state index < -0.39 is 6.04 Å². The lowest BCUT2D eigenvalue weighted by Crippen LogP contribution is -2.49. The second-order valence-corrected chi connectivity index (χ2v) is 6.43. The molecule has 3 atom stereocenters. The van der Waals surface area contributed by atoms with E-state index in [2.05, 4.69) is 5.32 Å². The Morgan fingerprint density at radius 2 is 2.14 bits per heavy atom. The van der Waals surface area contributed by atoms with Crippen LogP contribution in [0.5, 0.6) is 0 Å². The predicted octanol–water partition coefficient (Wildman–Crippen LogP) is 1.61. The van der Waals surface area contributed by atoms with Crippen LogP contribution in [0.15, 0.2) is 30.3 Å². The molecule has 1 aliphatic carbocycles. The Labute approximate surface area is 126 Å². The molecule has 2 unspecified atom stereocenters. The second-order valence-electron chi connectivity index (χ2n) is 6.43. The monoisotopic (exact) mass is 290 g/mol. The summed E-state index contributed by atoms with van der Waals surface area (Å²) >= 11 is 0. The molecule has 116 valence electrons. The first-order valence-corrected chi connectivity index (χ1v) is 7.76. The van der Waals surface area contributed by atoms with Crippen molar-refractivity contribution >= 4 is 5.91 Å². The lowest BCUT2D eigenvalue weighted by molar-refractivity contribution is -0.123. The van der Waals surface area contributed by atoms with E-state index in [4.69, 9.17) is 5.73 Å². The van der Waals surface area contributed by atoms with Gasteiger partial charge in [0.2, 0.25) is 5.91 Å². The van der Waals surface area contributed by atoms with Crippen molar-refractivity contribution < 1.29 is 9.90 Å². The quantitative estimate of drug-likeness (QED) is 0.771. The Morgan fingerprint density at radius 3 is 2.81 bits per heavy atom. The summed E-state index contributed by atoms with van der Waals surface area (Å²) in [6.07, 6.45) is 4.14. The third-order valence-electron chi connectivity index (χ3n) is 4.58. The number of rotatable bonds is 5. The van der Waals surface area contributed by atoms with Gasteiger partial charge in [-0.1, -0.05) is 50.1 Å². The van der Waals surface area contributed by atoms with Gasteiger partial charge in [0.15, 0.2) is 0 Å². The van der Waals surface area contributed by atoms with Crippen LogP contribution >= 0.6 is 0 Å². The summed E-state index contributed by atoms with van der Waals surface area (Å²) in [5.41, 5.74) is 6.81. The van der Waals surface area contributed by atoms with E-state index in [-0.39, 0.29) is 17.4 Å². The van der Waals surface area contributed by atoms with Crippen molar-refractivity contribution in [2.75, 3.05) is 6.54 Å². The highest BCUT2D eigenvalue weighted by Gasteiger charge is 2.35. The second kappa shape index (κ2) is 7.05. The lowest BCUT2D eigenvalue weighted by Gasteiger charge is -2.38. The molecular weight excluding hydrogens is 264 g/mol. The van der Waals surface area contributed by atoms with E-state index in [0.29, 0.717) is 13.0 Å². The zero-order chi connectivity index (χ0) is 15.3. The summed E-state index contributed by atoms with van der Waals surface area (Å²) < 4.78 is 0. The Balaban J connectivity index is 1.83. The first-order valence-electron chi connectivity index (χ1n) is 7.76. The molecule has 1 aromatic carbocycles. The molecule has 0 spiro atoms. The summed E-state index contributed by atoms with van der Waals surface area (Å²) in [7, 11) is 0. The van der Waals surface area contributed by atoms with Crippen LogP contribution in [0.3, 0.4) is 0 Å². The highest BCUT2D eigenvalue weighted by molar-refractivity contribution is 5.81. The molecule has 1 saturated carbocycles. The van der Waals surface area contributed by atoms with Gasteiger partial charge >= 0.3 is 0 Å². The highest BCUT2D eigenvalue weighted by atomic mass is 16.3. The molecule has 1 aromatic rings. The number of aliphatic hydroxyl groups excluding tert-OH is 1. The lowest BCUT2D eigenvalue weighted by atomic mass is 9.73. The van der Waals surface area contributed by atoms with Crippen LogP contribution in [-0.4, -0.2) is 29.7 Å². The topological polar surface area (TPSA) is 75.4 Å². The van der Waals surface area contributed by atoms with Crippen LogP contribution in [-0.2, 0) is 11.2 Å². The average molecular weight is 290 g/mol. The number of hydrogen-bond donors (Lipinski definition) is 3. The summed E-state index contributed by atoms with van der Waals surface area (Å²) in [6, 6.07) is 9.23. The molecule has 4 nitrogen and oxygen atoms in total. The minimum absolute atomic E-state index is 0.141. The fourth-order valence-corrected chi connectivity index (χ4v) is 2.97. The van der Waals surface area contributed by atoms with Gasteiger partial charge in [0.05, 0.1) is 12.1 Å². The van der Waals surface area contributed by atoms with Gasteiger partial charge in [-0.2, -0.15) is 0 Å². The van der Waals surface area contributed by atoms with Crippen LogP contribution in [0.1, 0.15) is 38.2 Å². The number of carbonyl (C=O) groups is 1. The SMILES string of the molecule is CC1(CNC(=O)[C@@H](N)Cc2ccccc2)CCCCC1O. The molecule has 2 rings (SSSR count). The van der Waals surface area contributed by atoms with Crippen molar-refractivity contribution in [3.05, 3.63) is 35.9 Å². The van der Waals surface area contributed by atoms with Gasteiger partial charge in [-0.3, -0.25) is 4.79 Å². The van der Waals surface area contributed by atoms with Gasteiger partial charge in [0.25, 0.3) is 0 Å². The molecule has 1 fully saturated rings. The summed E-state index contributed by atoms with van der Waals surface area (Å²) in [4.78, 5) is 12.1. The molecule has 0 saturated heterocycles. The highest BCUT2D eigenvalue weighted by Crippen LogP contribution is 2.35. The fourth-order valence-electron chi connectivity index (χ4n) is 2.97. The molecule has 4 N–H and O–H groups in total. The van der Waals surface area contributed by atoms with Crippen molar-refractivity contribution in [1.29, 1.82) is 0 Å². The molecule has 1 aliphatic rings. The smallest absolute Gasteiger partial charge is 0.237 e. The largest absolute Gasteiger partial charge is 0.392 e. The zero-order valence-corrected chi connectivity index (χ0v) is 12.7. The summed E-state index contributed by atoms with van der Waals surface area (Å²) in [6.45, 7) is 2.54. The van der Waals surface area contributed by atoms with Crippen LogP contribution in [0.25, 0.3) is 0 Å². The molecule has 0 aromatic heterocycles. The number of benzene rings is 1. The third kappa shape index (κ3) is 4.29. The van der Waals surface area contributed by atoms with Crippen molar-refractivity contribution in [3.63, 3.8) is 0 Å². The van der Waals surface area contributed by atoms with Crippen molar-refractivity contribution in [3.8, 4) is 0 Å². The van der Waals surface area contributed by atoms with Gasteiger partial charge in [0.1, 0.15) is 0 Å². The maximum atomic E-state index is 12.1. The molecule has 0 bridgehead atoms. The van der Waals surface area contributed by atoms with Crippen LogP contribution in [0, 0.1) is 5.41 Å². The van der Waals surface area contributed by atoms with Crippen molar-refractivity contribution in [2.24, 2.45) is 11.1 Å². The summed E-state index contributed by atoms with van der Waals surface area (Å²) in [5, 5.41) is 13.1. The van der Waals surface area contributed by atoms with Gasteiger partial charge < -0.3 is 16.2 Å². The van der Waals surface area contributed by atoms with Gasteiger partial charge in [-0.05, 0) is 24.8 Å². The normalized spacial score (nSPS) is 27.1. The minimum atomic E-state index is -0.545. The maximum absolute atomic E-state index is 12.1. The van der Waals surface area contributed by atoms with E-state index in [1.165, 1.54) is 0 Å². The van der Waals surface area contributed by atoms with Gasteiger partial charge in [-0.25, -0.2) is 0 Å². The number of carbonyl (C=O) groups excluding carboxylic acids is 1. The predicted molar refractivity (Wildman–Crippen MR) is 83.7 cm³/mol. The molecule has 0 aliphatic heterocycles. The fraction of sp³-hybridized carbons (Fsp3) is 0.588. The summed E-state index contributed by atoms with van der Waals surface area (Å²) in [5.74, 6) is -0.141. The number of nitrogens with two attached hydrogens (primary N) is 1. The standard InChI is InChI=1S/C17H26N2O2/c1-17(10-6-5-9-15(17)20)12-19-16(21)14(18)11-13-7-3-2-4-8-13/h2-4,7-8,14-15,20H,5-6,9-12,18H2,1H3,(H,19,21)/t14-,15?,17?/m0/s1. The number of hydrogen-bond acceptors (Lipinski definition) is 3. The van der Waals surface area contributed by atoms with E-state index in [1.807, 2.05) is 37.3 Å². The zero-order valence-electron chi connectivity index (χ0n) is 12.7. The van der Waals surface area contributed by atoms with Crippen LogP contribution in [0.4, 0.5) is 0 Å². The van der Waals surface area contributed by atoms with Gasteiger partial charge in [0, 0.05) is 12.0 Å². The molecule has 21 heavy (non-hydrogen) atoms. The third-order valence-corrected chi connectivity index (χ3v) is 4.58. The number of nitrogens with one attached hydrogen (secondary N) is 1. The Hall–Kier alpha value is -1.39. The van der Waals surface area contributed by atoms with Crippen LogP contribution < -0.4 is 11.1 Å². The van der Waals surface area contributed by atoms with E-state index in [1.54, 1.807) is 0 Å². The number of aliphatic hydroxyl groups is 1. The average Bonchev–Trinajstić information content (AvgIpc) is 2.49. The minimum Gasteiger partial charge on any atom is -0.392 e. The van der Waals surface area contributed by atoms with Crippen molar-refractivity contribution in [1.82, 2.24) is 5.32 Å². The molecular formula is C17H26N2O2. The van der Waals surface area contributed by atoms with E-state index in [0.717, 1.165) is 31.2 Å². The maximum Gasteiger partial charge on any atom is 0.237 e. The molecule has 0 radical (unpaired) electrons. The number of amides is 1. The first kappa shape index (κ1) is 16.0. The Morgan fingerprint density at radius 1 is 1.43 bits per heavy atom. The molecule has 1 amide bonds. The van der Waals surface area contributed by atoms with E-state index in [9.17, 15) is 9.90 Å². The van der Waals surface area contributed by atoms with Crippen molar-refractivity contribution in [2.45, 2.75) is 51.2 Å². The van der Waals surface area contributed by atoms with E-state index >= 15 is 0 Å². The molecule has 4 heteroatoms. The van der Waals surface area contributed by atoms with Gasteiger partial charge in [-0.15, -0.1) is 0 Å².